The van der Waals surface area contributed by atoms with E-state index in [9.17, 15) is 14.4 Å². The smallest absolute Gasteiger partial charge is 0.335 e. The maximum Gasteiger partial charge on any atom is 0.335 e. The molecule has 1 heterocycles. The number of hydrogen-bond acceptors (Lipinski definition) is 6. The van der Waals surface area contributed by atoms with Gasteiger partial charge in [-0.2, -0.15) is 0 Å². The number of carbonyl (C=O) groups is 3. The lowest BCUT2D eigenvalue weighted by atomic mass is 10.0. The highest BCUT2D eigenvalue weighted by Gasteiger charge is 2.37. The van der Waals surface area contributed by atoms with Crippen LogP contribution in [0.3, 0.4) is 0 Å². The van der Waals surface area contributed by atoms with Crippen LogP contribution in [0.2, 0.25) is 0 Å². The average molecular weight is 613 g/mol. The molecular weight excluding hydrogens is 580 g/mol. The van der Waals surface area contributed by atoms with Gasteiger partial charge in [-0.15, -0.1) is 0 Å². The van der Waals surface area contributed by atoms with Crippen LogP contribution < -0.4 is 24.4 Å². The van der Waals surface area contributed by atoms with Gasteiger partial charge in [-0.05, 0) is 78.2 Å². The van der Waals surface area contributed by atoms with Gasteiger partial charge < -0.3 is 14.2 Å². The van der Waals surface area contributed by atoms with Gasteiger partial charge in [0.25, 0.3) is 11.8 Å². The SMILES string of the molecule is COc1ccc(/C=C2\C(=O)NC(=O)N(c3ccc(OCc4ccc(C)cc4)cc3)C2=O)c(OCc2c(C)ccc3ccccc23)c1. The highest BCUT2D eigenvalue weighted by Crippen LogP contribution is 2.31. The monoisotopic (exact) mass is 612 g/mol. The van der Waals surface area contributed by atoms with Gasteiger partial charge in [-0.3, -0.25) is 14.9 Å². The second-order valence-corrected chi connectivity index (χ2v) is 11.0. The molecule has 46 heavy (non-hydrogen) atoms. The number of nitrogens with zero attached hydrogens (tertiary/aromatic N) is 1. The number of methoxy groups -OCH3 is 1. The number of hydrogen-bond donors (Lipinski definition) is 1. The lowest BCUT2D eigenvalue weighted by Gasteiger charge is -2.26. The molecule has 1 aliphatic rings. The van der Waals surface area contributed by atoms with Crippen LogP contribution in [-0.2, 0) is 22.8 Å². The number of aryl methyl sites for hydroxylation is 2. The number of urea groups is 1. The molecule has 1 aliphatic heterocycles. The summed E-state index contributed by atoms with van der Waals surface area (Å²) in [4.78, 5) is 40.4. The first-order valence-corrected chi connectivity index (χ1v) is 14.8. The topological polar surface area (TPSA) is 94.2 Å². The third-order valence-corrected chi connectivity index (χ3v) is 7.89. The largest absolute Gasteiger partial charge is 0.497 e. The molecule has 1 saturated heterocycles. The summed E-state index contributed by atoms with van der Waals surface area (Å²) in [5.41, 5.74) is 4.83. The van der Waals surface area contributed by atoms with Gasteiger partial charge in [0, 0.05) is 17.2 Å². The molecule has 0 radical (unpaired) electrons. The maximum absolute atomic E-state index is 13.7. The molecule has 6 rings (SSSR count). The molecular formula is C38H32N2O6. The molecule has 0 aliphatic carbocycles. The number of barbiturate groups is 1. The van der Waals surface area contributed by atoms with Crippen LogP contribution in [0.4, 0.5) is 10.5 Å². The standard InChI is InChI=1S/C38H32N2O6/c1-24-8-11-26(12-9-24)22-45-30-18-15-29(16-19-30)40-37(42)33(36(41)39-38(40)43)20-28-14-17-31(44-3)21-35(28)46-23-34-25(2)10-13-27-6-4-5-7-32(27)34/h4-21H,22-23H2,1-3H3,(H,39,41,43)/b33-20+. The van der Waals surface area contributed by atoms with Crippen molar-refractivity contribution in [3.05, 3.63) is 137 Å². The second kappa shape index (κ2) is 13.0. The summed E-state index contributed by atoms with van der Waals surface area (Å²) in [6, 6.07) is 31.1. The van der Waals surface area contributed by atoms with E-state index >= 15 is 0 Å². The Kier molecular flexibility index (Phi) is 8.52. The third-order valence-electron chi connectivity index (χ3n) is 7.89. The third kappa shape index (κ3) is 6.32. The first kappa shape index (κ1) is 30.1. The molecule has 5 aromatic rings. The Labute approximate surface area is 266 Å². The fraction of sp³-hybridized carbons (Fsp3) is 0.132. The molecule has 5 aromatic carbocycles. The Morgan fingerprint density at radius 2 is 1.50 bits per heavy atom. The molecule has 0 unspecified atom stereocenters. The minimum Gasteiger partial charge on any atom is -0.497 e. The quantitative estimate of drug-likeness (QED) is 0.139. The summed E-state index contributed by atoms with van der Waals surface area (Å²) in [6.45, 7) is 4.67. The van der Waals surface area contributed by atoms with Crippen LogP contribution in [0.25, 0.3) is 16.8 Å². The van der Waals surface area contributed by atoms with E-state index in [1.807, 2.05) is 56.3 Å². The predicted octanol–water partition coefficient (Wildman–Crippen LogP) is 7.29. The molecule has 8 heteroatoms. The Morgan fingerprint density at radius 1 is 0.761 bits per heavy atom. The van der Waals surface area contributed by atoms with Gasteiger partial charge in [0.1, 0.15) is 36.0 Å². The van der Waals surface area contributed by atoms with Crippen LogP contribution in [0, 0.1) is 13.8 Å². The number of nitrogens with one attached hydrogen (secondary N) is 1. The summed E-state index contributed by atoms with van der Waals surface area (Å²) in [5, 5.41) is 4.46. The molecule has 1 N–H and O–H groups in total. The molecule has 4 amide bonds. The van der Waals surface area contributed by atoms with Crippen molar-refractivity contribution in [3.63, 3.8) is 0 Å². The number of fused-ring (bicyclic) bond motifs is 1. The van der Waals surface area contributed by atoms with Crippen molar-refractivity contribution >= 4 is 40.4 Å². The Hall–Kier alpha value is -5.89. The van der Waals surface area contributed by atoms with Crippen molar-refractivity contribution in [1.82, 2.24) is 5.32 Å². The van der Waals surface area contributed by atoms with E-state index in [2.05, 4.69) is 23.5 Å². The first-order valence-electron chi connectivity index (χ1n) is 14.8. The molecule has 0 aromatic heterocycles. The van der Waals surface area contributed by atoms with Crippen LogP contribution >= 0.6 is 0 Å². The zero-order chi connectivity index (χ0) is 32.2. The lowest BCUT2D eigenvalue weighted by Crippen LogP contribution is -2.54. The molecule has 0 bridgehead atoms. The number of imide groups is 2. The summed E-state index contributed by atoms with van der Waals surface area (Å²) in [7, 11) is 1.55. The van der Waals surface area contributed by atoms with Gasteiger partial charge in [0.2, 0.25) is 0 Å². The van der Waals surface area contributed by atoms with Crippen LogP contribution in [-0.4, -0.2) is 25.0 Å². The molecule has 8 nitrogen and oxygen atoms in total. The highest BCUT2D eigenvalue weighted by atomic mass is 16.5. The van der Waals surface area contributed by atoms with Gasteiger partial charge in [-0.1, -0.05) is 66.2 Å². The number of rotatable bonds is 9. The molecule has 0 spiro atoms. The summed E-state index contributed by atoms with van der Waals surface area (Å²) >= 11 is 0. The molecule has 0 saturated carbocycles. The number of anilines is 1. The van der Waals surface area contributed by atoms with E-state index in [1.165, 1.54) is 6.08 Å². The number of benzene rings is 5. The molecule has 1 fully saturated rings. The van der Waals surface area contributed by atoms with Crippen LogP contribution in [0.5, 0.6) is 17.2 Å². The second-order valence-electron chi connectivity index (χ2n) is 11.0. The van der Waals surface area contributed by atoms with Gasteiger partial charge in [0.15, 0.2) is 0 Å². The van der Waals surface area contributed by atoms with Crippen molar-refractivity contribution < 1.29 is 28.6 Å². The van der Waals surface area contributed by atoms with Crippen molar-refractivity contribution in [2.45, 2.75) is 27.1 Å². The Bertz CT molecular complexity index is 1980. The van der Waals surface area contributed by atoms with Crippen molar-refractivity contribution in [2.75, 3.05) is 12.0 Å². The van der Waals surface area contributed by atoms with Gasteiger partial charge in [-0.25, -0.2) is 9.69 Å². The van der Waals surface area contributed by atoms with E-state index in [-0.39, 0.29) is 12.2 Å². The Morgan fingerprint density at radius 3 is 2.26 bits per heavy atom. The number of carbonyl (C=O) groups excluding carboxylic acids is 3. The van der Waals surface area contributed by atoms with E-state index in [0.29, 0.717) is 35.1 Å². The Balaban J connectivity index is 1.25. The van der Waals surface area contributed by atoms with Crippen molar-refractivity contribution in [3.8, 4) is 17.2 Å². The number of amides is 4. The first-order chi connectivity index (χ1) is 22.3. The fourth-order valence-electron chi connectivity index (χ4n) is 5.26. The predicted molar refractivity (Wildman–Crippen MR) is 177 cm³/mol. The minimum absolute atomic E-state index is 0.212. The van der Waals surface area contributed by atoms with Crippen molar-refractivity contribution in [2.24, 2.45) is 0 Å². The van der Waals surface area contributed by atoms with Crippen LogP contribution in [0.1, 0.15) is 27.8 Å². The molecule has 230 valence electrons. The maximum atomic E-state index is 13.7. The van der Waals surface area contributed by atoms with E-state index < -0.39 is 17.8 Å². The van der Waals surface area contributed by atoms with E-state index in [1.54, 1.807) is 49.6 Å². The van der Waals surface area contributed by atoms with Gasteiger partial charge in [0.05, 0.1) is 12.8 Å². The van der Waals surface area contributed by atoms with E-state index in [0.717, 1.165) is 37.9 Å². The highest BCUT2D eigenvalue weighted by molar-refractivity contribution is 6.39. The van der Waals surface area contributed by atoms with Crippen molar-refractivity contribution in [1.29, 1.82) is 0 Å². The average Bonchev–Trinajstić information content (AvgIpc) is 3.06. The fourth-order valence-corrected chi connectivity index (χ4v) is 5.26. The summed E-state index contributed by atoms with van der Waals surface area (Å²) in [6.07, 6.45) is 1.43. The minimum atomic E-state index is -0.835. The zero-order valence-corrected chi connectivity index (χ0v) is 25.7. The van der Waals surface area contributed by atoms with Gasteiger partial charge >= 0.3 is 6.03 Å². The summed E-state index contributed by atoms with van der Waals surface area (Å²) in [5.74, 6) is -0.0155. The lowest BCUT2D eigenvalue weighted by molar-refractivity contribution is -0.122. The summed E-state index contributed by atoms with van der Waals surface area (Å²) < 4.78 is 17.6. The van der Waals surface area contributed by atoms with Crippen LogP contribution in [0.15, 0.2) is 109 Å². The number of ether oxygens (including phenoxy) is 3. The molecule has 0 atom stereocenters. The zero-order valence-electron chi connectivity index (χ0n) is 25.7. The normalized spacial score (nSPS) is 14.0. The van der Waals surface area contributed by atoms with E-state index in [4.69, 9.17) is 14.2 Å².